The molecule has 0 spiro atoms. The third-order valence-electron chi connectivity index (χ3n) is 2.35. The molecule has 0 aromatic heterocycles. The first kappa shape index (κ1) is 14.0. The van der Waals surface area contributed by atoms with E-state index >= 15 is 0 Å². The maximum Gasteiger partial charge on any atom is 0.411 e. The summed E-state index contributed by atoms with van der Waals surface area (Å²) in [6, 6.07) is 7.21. The molecule has 5 heteroatoms. The molecule has 0 aliphatic carbocycles. The van der Waals surface area contributed by atoms with Crippen molar-refractivity contribution in [2.45, 2.75) is 25.6 Å². The molecule has 1 rings (SSSR count). The Morgan fingerprint density at radius 3 is 2.53 bits per heavy atom. The number of benzene rings is 1. The Labute approximate surface area is 98.0 Å². The van der Waals surface area contributed by atoms with Crippen LogP contribution in [0.2, 0.25) is 0 Å². The summed E-state index contributed by atoms with van der Waals surface area (Å²) in [5.41, 5.74) is 1.64. The van der Waals surface area contributed by atoms with Crippen LogP contribution in [-0.4, -0.2) is 24.5 Å². The fourth-order valence-electron chi connectivity index (χ4n) is 1.50. The highest BCUT2D eigenvalue weighted by atomic mass is 19.4. The van der Waals surface area contributed by atoms with Gasteiger partial charge in [-0.2, -0.15) is 13.2 Å². The zero-order valence-electron chi connectivity index (χ0n) is 9.50. The van der Waals surface area contributed by atoms with Crippen LogP contribution in [0.15, 0.2) is 24.3 Å². The van der Waals surface area contributed by atoms with E-state index in [1.54, 1.807) is 12.1 Å². The molecule has 0 bridgehead atoms. The van der Waals surface area contributed by atoms with Gasteiger partial charge in [0.2, 0.25) is 0 Å². The Morgan fingerprint density at radius 1 is 1.29 bits per heavy atom. The summed E-state index contributed by atoms with van der Waals surface area (Å²) in [5.74, 6) is 0. The SMILES string of the molecule is Cc1ccccc1C(O)CCOCC(F)(F)F. The van der Waals surface area contributed by atoms with Gasteiger partial charge in [-0.05, 0) is 18.1 Å². The van der Waals surface area contributed by atoms with Crippen molar-refractivity contribution in [2.75, 3.05) is 13.2 Å². The molecule has 0 heterocycles. The van der Waals surface area contributed by atoms with Crippen molar-refractivity contribution in [3.8, 4) is 0 Å². The molecular weight excluding hydrogens is 233 g/mol. The lowest BCUT2D eigenvalue weighted by Gasteiger charge is -2.14. The van der Waals surface area contributed by atoms with Gasteiger partial charge in [-0.1, -0.05) is 24.3 Å². The van der Waals surface area contributed by atoms with Crippen LogP contribution >= 0.6 is 0 Å². The maximum absolute atomic E-state index is 11.8. The number of hydrogen-bond donors (Lipinski definition) is 1. The van der Waals surface area contributed by atoms with E-state index in [0.717, 1.165) is 11.1 Å². The largest absolute Gasteiger partial charge is 0.411 e. The minimum atomic E-state index is -4.31. The van der Waals surface area contributed by atoms with E-state index in [2.05, 4.69) is 4.74 Å². The Morgan fingerprint density at radius 2 is 1.94 bits per heavy atom. The van der Waals surface area contributed by atoms with Crippen LogP contribution in [0.25, 0.3) is 0 Å². The van der Waals surface area contributed by atoms with Crippen LogP contribution in [-0.2, 0) is 4.74 Å². The van der Waals surface area contributed by atoms with Gasteiger partial charge in [-0.25, -0.2) is 0 Å². The van der Waals surface area contributed by atoms with Crippen molar-refractivity contribution in [3.05, 3.63) is 35.4 Å². The van der Waals surface area contributed by atoms with E-state index in [1.807, 2.05) is 19.1 Å². The Hall–Kier alpha value is -1.07. The van der Waals surface area contributed by atoms with Crippen molar-refractivity contribution in [3.63, 3.8) is 0 Å². The molecule has 0 saturated heterocycles. The molecule has 96 valence electrons. The zero-order valence-corrected chi connectivity index (χ0v) is 9.50. The van der Waals surface area contributed by atoms with Crippen molar-refractivity contribution in [2.24, 2.45) is 0 Å². The molecule has 1 unspecified atom stereocenters. The zero-order chi connectivity index (χ0) is 12.9. The first-order valence-corrected chi connectivity index (χ1v) is 5.28. The fraction of sp³-hybridized carbons (Fsp3) is 0.500. The van der Waals surface area contributed by atoms with Gasteiger partial charge in [-0.15, -0.1) is 0 Å². The lowest BCUT2D eigenvalue weighted by atomic mass is 10.0. The molecule has 2 nitrogen and oxygen atoms in total. The molecule has 1 atom stereocenters. The van der Waals surface area contributed by atoms with E-state index in [9.17, 15) is 18.3 Å². The van der Waals surface area contributed by atoms with Crippen molar-refractivity contribution >= 4 is 0 Å². The van der Waals surface area contributed by atoms with E-state index in [0.29, 0.717) is 0 Å². The van der Waals surface area contributed by atoms with Crippen molar-refractivity contribution < 1.29 is 23.0 Å². The minimum Gasteiger partial charge on any atom is -0.388 e. The summed E-state index contributed by atoms with van der Waals surface area (Å²) in [4.78, 5) is 0. The molecule has 0 fully saturated rings. The average Bonchev–Trinajstić information content (AvgIpc) is 2.23. The highest BCUT2D eigenvalue weighted by Gasteiger charge is 2.27. The highest BCUT2D eigenvalue weighted by molar-refractivity contribution is 5.27. The Balaban J connectivity index is 2.36. The number of alkyl halides is 3. The summed E-state index contributed by atoms with van der Waals surface area (Å²) < 4.78 is 39.8. The predicted molar refractivity (Wildman–Crippen MR) is 57.6 cm³/mol. The number of aliphatic hydroxyl groups excluding tert-OH is 1. The van der Waals surface area contributed by atoms with Gasteiger partial charge in [0.15, 0.2) is 0 Å². The number of aliphatic hydroxyl groups is 1. The molecule has 0 radical (unpaired) electrons. The minimum absolute atomic E-state index is 0.116. The van der Waals surface area contributed by atoms with Gasteiger partial charge in [0.1, 0.15) is 6.61 Å². The molecule has 1 N–H and O–H groups in total. The standard InChI is InChI=1S/C12H15F3O2/c1-9-4-2-3-5-10(9)11(16)6-7-17-8-12(13,14)15/h2-5,11,16H,6-8H2,1H3. The molecule has 1 aromatic carbocycles. The third-order valence-corrected chi connectivity index (χ3v) is 2.35. The first-order chi connectivity index (χ1) is 7.90. The lowest BCUT2D eigenvalue weighted by molar-refractivity contribution is -0.175. The molecule has 0 aliphatic rings. The summed E-state index contributed by atoms with van der Waals surface area (Å²) in [5, 5.41) is 9.77. The second-order valence-electron chi connectivity index (χ2n) is 3.83. The normalized spacial score (nSPS) is 13.7. The van der Waals surface area contributed by atoms with Crippen LogP contribution in [0.5, 0.6) is 0 Å². The van der Waals surface area contributed by atoms with Crippen molar-refractivity contribution in [1.29, 1.82) is 0 Å². The molecule has 17 heavy (non-hydrogen) atoms. The van der Waals surface area contributed by atoms with Crippen LogP contribution in [0.4, 0.5) is 13.2 Å². The van der Waals surface area contributed by atoms with Gasteiger partial charge in [-0.3, -0.25) is 0 Å². The molecular formula is C12H15F3O2. The van der Waals surface area contributed by atoms with Gasteiger partial charge in [0.25, 0.3) is 0 Å². The molecule has 1 aromatic rings. The Bertz CT molecular complexity index is 350. The number of ether oxygens (including phenoxy) is 1. The predicted octanol–water partition coefficient (Wildman–Crippen LogP) is 3.00. The van der Waals surface area contributed by atoms with E-state index < -0.39 is 18.9 Å². The van der Waals surface area contributed by atoms with Gasteiger partial charge in [0, 0.05) is 13.0 Å². The van der Waals surface area contributed by atoms with Crippen LogP contribution in [0.1, 0.15) is 23.7 Å². The van der Waals surface area contributed by atoms with Gasteiger partial charge >= 0.3 is 6.18 Å². The van der Waals surface area contributed by atoms with Gasteiger partial charge in [0.05, 0.1) is 6.10 Å². The second-order valence-corrected chi connectivity index (χ2v) is 3.83. The van der Waals surface area contributed by atoms with Gasteiger partial charge < -0.3 is 9.84 Å². The van der Waals surface area contributed by atoms with Crippen LogP contribution < -0.4 is 0 Å². The van der Waals surface area contributed by atoms with E-state index in [4.69, 9.17) is 0 Å². The van der Waals surface area contributed by atoms with E-state index in [1.165, 1.54) is 0 Å². The van der Waals surface area contributed by atoms with Crippen molar-refractivity contribution in [1.82, 2.24) is 0 Å². The number of halogens is 3. The fourth-order valence-corrected chi connectivity index (χ4v) is 1.50. The number of hydrogen-bond acceptors (Lipinski definition) is 2. The quantitative estimate of drug-likeness (QED) is 0.812. The average molecular weight is 248 g/mol. The summed E-state index contributed by atoms with van der Waals surface area (Å²) in [6.07, 6.45) is -4.95. The summed E-state index contributed by atoms with van der Waals surface area (Å²) in [6.45, 7) is 0.456. The molecule has 0 amide bonds. The molecule has 0 saturated carbocycles. The topological polar surface area (TPSA) is 29.5 Å². The maximum atomic E-state index is 11.8. The summed E-state index contributed by atoms with van der Waals surface area (Å²) >= 11 is 0. The third kappa shape index (κ3) is 5.19. The summed E-state index contributed by atoms with van der Waals surface area (Å²) in [7, 11) is 0. The Kier molecular flexibility index (Phi) is 4.96. The van der Waals surface area contributed by atoms with E-state index in [-0.39, 0.29) is 13.0 Å². The monoisotopic (exact) mass is 248 g/mol. The highest BCUT2D eigenvalue weighted by Crippen LogP contribution is 2.21. The first-order valence-electron chi connectivity index (χ1n) is 5.28. The molecule has 0 aliphatic heterocycles. The lowest BCUT2D eigenvalue weighted by Crippen LogP contribution is -2.18. The number of aryl methyl sites for hydroxylation is 1. The number of rotatable bonds is 5. The smallest absolute Gasteiger partial charge is 0.388 e. The second kappa shape index (κ2) is 6.02. The van der Waals surface area contributed by atoms with Crippen LogP contribution in [0.3, 0.4) is 0 Å². The van der Waals surface area contributed by atoms with Crippen LogP contribution in [0, 0.1) is 6.92 Å².